The number of aliphatic hydroxyl groups excluding tert-OH is 7. The van der Waals surface area contributed by atoms with Gasteiger partial charge in [0.05, 0.1) is 39.6 Å². The van der Waals surface area contributed by atoms with E-state index in [1.165, 1.54) is 13.2 Å². The van der Waals surface area contributed by atoms with Gasteiger partial charge in [-0.1, -0.05) is 59.6 Å². The number of aliphatic hydroxyl groups is 7. The molecule has 0 aliphatic carbocycles. The van der Waals surface area contributed by atoms with E-state index >= 15 is 0 Å². The van der Waals surface area contributed by atoms with Crippen molar-refractivity contribution in [1.29, 1.82) is 0 Å². The number of benzene rings is 4. The monoisotopic (exact) mass is 928 g/mol. The summed E-state index contributed by atoms with van der Waals surface area (Å²) in [6.07, 6.45) is -11.7. The molecule has 4 aromatic carbocycles. The standard InChI is InChI=1S/C47H54Cl2O15/c1-57-46(30-6-12-36(48)28(20-30)18-26-2-8-32(9-3-26)61-34-14-16-58-23-34)44(55)43(54)41(52)39(64-46)25-60-47(45(56)42(53)40(51)38(22-50)63-47)31-7-13-37(49)29(21-31)19-27-4-10-33(11-5-27)62-35-15-17-59-24-35/h2-13,20-21,34-35,38-45,50-56H,14-19,22-25H2,1H3/t34-,35-,38-,39-,40-,41-,42+,43+,44-,45-,46?,47?/m1/s1. The van der Waals surface area contributed by atoms with Crippen LogP contribution >= 0.6 is 23.2 Å². The number of methoxy groups -OCH3 is 1. The normalized spacial score (nSPS) is 33.0. The molecule has 346 valence electrons. The highest BCUT2D eigenvalue weighted by atomic mass is 35.5. The first-order chi connectivity index (χ1) is 30.8. The molecule has 4 aromatic rings. The SMILES string of the molecule is COC1(c2ccc(Cl)c(Cc3ccc(O[C@@H]4CCOC4)cc3)c2)O[C@H](COC2(c3ccc(Cl)c(Cc4ccc(O[C@@H]5CCOC5)cc4)c3)O[C@H](CO)[C@@H](O)[C@H](O)[C@H]2O)[C@@H](O)[C@H](O)[C@H]1O. The van der Waals surface area contributed by atoms with E-state index in [-0.39, 0.29) is 23.3 Å². The van der Waals surface area contributed by atoms with Crippen LogP contribution < -0.4 is 9.47 Å². The van der Waals surface area contributed by atoms with Crippen LogP contribution in [0.3, 0.4) is 0 Å². The van der Waals surface area contributed by atoms with Crippen LogP contribution in [0.15, 0.2) is 84.9 Å². The van der Waals surface area contributed by atoms with Crippen molar-refractivity contribution in [3.63, 3.8) is 0 Å². The van der Waals surface area contributed by atoms with Gasteiger partial charge in [-0.05, 0) is 83.6 Å². The maximum absolute atomic E-state index is 11.8. The molecule has 0 bridgehead atoms. The van der Waals surface area contributed by atoms with Gasteiger partial charge in [-0.15, -0.1) is 0 Å². The molecule has 4 heterocycles. The molecule has 12 atom stereocenters. The van der Waals surface area contributed by atoms with E-state index < -0.39 is 73.6 Å². The van der Waals surface area contributed by atoms with Gasteiger partial charge in [-0.25, -0.2) is 0 Å². The number of ether oxygens (including phenoxy) is 8. The van der Waals surface area contributed by atoms with Gasteiger partial charge in [0.1, 0.15) is 72.5 Å². The molecule has 4 aliphatic heterocycles. The summed E-state index contributed by atoms with van der Waals surface area (Å²) in [6.45, 7) is 0.960. The van der Waals surface area contributed by atoms with Crippen LogP contribution in [0, 0.1) is 0 Å². The number of halogens is 2. The van der Waals surface area contributed by atoms with Gasteiger partial charge >= 0.3 is 0 Å². The lowest BCUT2D eigenvalue weighted by Crippen LogP contribution is -2.67. The zero-order valence-corrected chi connectivity index (χ0v) is 36.6. The van der Waals surface area contributed by atoms with Crippen molar-refractivity contribution in [1.82, 2.24) is 0 Å². The topological polar surface area (TPSA) is 215 Å². The lowest BCUT2D eigenvalue weighted by molar-refractivity contribution is -0.400. The summed E-state index contributed by atoms with van der Waals surface area (Å²) in [6, 6.07) is 24.6. The molecular formula is C47H54Cl2O15. The Morgan fingerprint density at radius 1 is 0.594 bits per heavy atom. The predicted octanol–water partition coefficient (Wildman–Crippen LogP) is 3.13. The van der Waals surface area contributed by atoms with Gasteiger partial charge in [0, 0.05) is 41.1 Å². The number of hydrogen-bond donors (Lipinski definition) is 7. The first-order valence-electron chi connectivity index (χ1n) is 21.3. The Labute approximate surface area is 380 Å². The highest BCUT2D eigenvalue weighted by molar-refractivity contribution is 6.31. The fourth-order valence-electron chi connectivity index (χ4n) is 8.70. The second kappa shape index (κ2) is 20.2. The van der Waals surface area contributed by atoms with E-state index in [1.807, 2.05) is 48.5 Å². The van der Waals surface area contributed by atoms with Crippen molar-refractivity contribution in [2.75, 3.05) is 46.8 Å². The van der Waals surface area contributed by atoms with Crippen molar-refractivity contribution in [2.45, 2.75) is 98.3 Å². The third-order valence-corrected chi connectivity index (χ3v) is 13.1. The number of hydrogen-bond acceptors (Lipinski definition) is 15. The average molecular weight is 930 g/mol. The summed E-state index contributed by atoms with van der Waals surface area (Å²) in [5.74, 6) is -3.00. The molecule has 0 spiro atoms. The van der Waals surface area contributed by atoms with Crippen LogP contribution in [0.2, 0.25) is 10.0 Å². The Hall–Kier alpha value is -3.46. The average Bonchev–Trinajstić information content (AvgIpc) is 4.03. The van der Waals surface area contributed by atoms with Crippen molar-refractivity contribution in [2.24, 2.45) is 0 Å². The van der Waals surface area contributed by atoms with E-state index in [2.05, 4.69) is 0 Å². The molecule has 0 radical (unpaired) electrons. The molecule has 2 unspecified atom stereocenters. The van der Waals surface area contributed by atoms with Gasteiger partial charge < -0.3 is 73.6 Å². The molecule has 0 aromatic heterocycles. The summed E-state index contributed by atoms with van der Waals surface area (Å²) in [5, 5.41) is 79.1. The molecule has 7 N–H and O–H groups in total. The maximum Gasteiger partial charge on any atom is 0.225 e. The van der Waals surface area contributed by atoms with Crippen LogP contribution in [0.1, 0.15) is 46.2 Å². The van der Waals surface area contributed by atoms with E-state index in [0.29, 0.717) is 71.9 Å². The third kappa shape index (κ3) is 9.67. The number of rotatable bonds is 15. The molecule has 4 aliphatic rings. The molecule has 4 fully saturated rings. The maximum atomic E-state index is 11.8. The van der Waals surface area contributed by atoms with Crippen LogP contribution in [0.4, 0.5) is 0 Å². The van der Waals surface area contributed by atoms with Gasteiger partial charge in [0.2, 0.25) is 11.6 Å². The molecule has 0 amide bonds. The summed E-state index contributed by atoms with van der Waals surface area (Å²) >= 11 is 13.4. The van der Waals surface area contributed by atoms with Gasteiger partial charge in [0.25, 0.3) is 0 Å². The summed E-state index contributed by atoms with van der Waals surface area (Å²) in [7, 11) is 1.27. The van der Waals surface area contributed by atoms with Crippen molar-refractivity contribution in [3.05, 3.63) is 128 Å². The lowest BCUT2D eigenvalue weighted by Gasteiger charge is -2.51. The Bertz CT molecular complexity index is 2170. The minimum Gasteiger partial charge on any atom is -0.488 e. The lowest BCUT2D eigenvalue weighted by atomic mass is 9.86. The third-order valence-electron chi connectivity index (χ3n) is 12.4. The van der Waals surface area contributed by atoms with Crippen molar-refractivity contribution in [3.8, 4) is 11.5 Å². The molecule has 17 heteroatoms. The fourth-order valence-corrected chi connectivity index (χ4v) is 9.07. The molecule has 4 saturated heterocycles. The Balaban J connectivity index is 1.05. The van der Waals surface area contributed by atoms with E-state index in [1.54, 1.807) is 30.3 Å². The van der Waals surface area contributed by atoms with E-state index in [4.69, 9.17) is 61.1 Å². The van der Waals surface area contributed by atoms with Crippen LogP contribution in [0.25, 0.3) is 0 Å². The Morgan fingerprint density at radius 3 is 1.50 bits per heavy atom. The van der Waals surface area contributed by atoms with Gasteiger partial charge in [-0.2, -0.15) is 0 Å². The molecule has 8 rings (SSSR count). The molecule has 0 saturated carbocycles. The molecule has 15 nitrogen and oxygen atoms in total. The largest absolute Gasteiger partial charge is 0.488 e. The first-order valence-corrected chi connectivity index (χ1v) is 22.1. The zero-order chi connectivity index (χ0) is 45.2. The van der Waals surface area contributed by atoms with E-state index in [0.717, 1.165) is 24.0 Å². The van der Waals surface area contributed by atoms with E-state index in [9.17, 15) is 35.7 Å². The second-order valence-corrected chi connectivity index (χ2v) is 17.5. The van der Waals surface area contributed by atoms with Crippen LogP contribution in [0.5, 0.6) is 11.5 Å². The predicted molar refractivity (Wildman–Crippen MR) is 230 cm³/mol. The van der Waals surface area contributed by atoms with Gasteiger partial charge in [-0.3, -0.25) is 0 Å². The second-order valence-electron chi connectivity index (χ2n) is 16.7. The molecular weight excluding hydrogens is 875 g/mol. The first kappa shape index (κ1) is 47.0. The van der Waals surface area contributed by atoms with Crippen LogP contribution in [-0.2, 0) is 52.8 Å². The van der Waals surface area contributed by atoms with Gasteiger partial charge in [0.15, 0.2) is 0 Å². The fraction of sp³-hybridized carbons (Fsp3) is 0.489. The zero-order valence-electron chi connectivity index (χ0n) is 35.1. The smallest absolute Gasteiger partial charge is 0.225 e. The quantitative estimate of drug-likeness (QED) is 0.0913. The Morgan fingerprint density at radius 2 is 1.05 bits per heavy atom. The minimum absolute atomic E-state index is 0.00152. The van der Waals surface area contributed by atoms with Crippen molar-refractivity contribution >= 4 is 23.2 Å². The van der Waals surface area contributed by atoms with Crippen LogP contribution in [-0.4, -0.2) is 144 Å². The van der Waals surface area contributed by atoms with Crippen molar-refractivity contribution < 1.29 is 73.6 Å². The highest BCUT2D eigenvalue weighted by Gasteiger charge is 2.59. The minimum atomic E-state index is -2.31. The summed E-state index contributed by atoms with van der Waals surface area (Å²) < 4.78 is 47.7. The summed E-state index contributed by atoms with van der Waals surface area (Å²) in [4.78, 5) is 0. The Kier molecular flexibility index (Phi) is 14.8. The summed E-state index contributed by atoms with van der Waals surface area (Å²) in [5.41, 5.74) is 3.38. The highest BCUT2D eigenvalue weighted by Crippen LogP contribution is 2.44. The molecule has 64 heavy (non-hydrogen) atoms.